The molecule has 1 aromatic carbocycles. The van der Waals surface area contributed by atoms with Crippen molar-refractivity contribution in [1.29, 1.82) is 0 Å². The molecule has 1 aromatic rings. The van der Waals surface area contributed by atoms with Gasteiger partial charge in [0, 0.05) is 0 Å². The Kier molecular flexibility index (Phi) is 7.60. The predicted molar refractivity (Wildman–Crippen MR) is 119 cm³/mol. The predicted octanol–water partition coefficient (Wildman–Crippen LogP) is 6.08. The number of aryl methyl sites for hydroxylation is 2. The van der Waals surface area contributed by atoms with E-state index in [9.17, 15) is 14.7 Å². The van der Waals surface area contributed by atoms with E-state index in [-0.39, 0.29) is 11.0 Å². The number of carbonyl (C=O) groups excluding carboxylic acids is 1. The first-order valence-electron chi connectivity index (χ1n) is 11.8. The van der Waals surface area contributed by atoms with Crippen LogP contribution >= 0.6 is 0 Å². The van der Waals surface area contributed by atoms with E-state index in [2.05, 4.69) is 26.0 Å². The number of benzene rings is 1. The summed E-state index contributed by atoms with van der Waals surface area (Å²) in [6.45, 7) is 5.08. The van der Waals surface area contributed by atoms with Crippen molar-refractivity contribution in [3.8, 4) is 0 Å². The van der Waals surface area contributed by atoms with Crippen LogP contribution in [0.5, 0.6) is 0 Å². The molecule has 3 rings (SSSR count). The highest BCUT2D eigenvalue weighted by molar-refractivity contribution is 5.77. The summed E-state index contributed by atoms with van der Waals surface area (Å²) in [6, 6.07) is 4.55. The van der Waals surface area contributed by atoms with Crippen LogP contribution in [0.4, 0.5) is 0 Å². The lowest BCUT2D eigenvalue weighted by molar-refractivity contribution is -0.143. The Morgan fingerprint density at radius 2 is 1.63 bits per heavy atom. The normalized spacial score (nSPS) is 18.1. The molecule has 0 aromatic heterocycles. The van der Waals surface area contributed by atoms with E-state index >= 15 is 0 Å². The quantitative estimate of drug-likeness (QED) is 0.279. The summed E-state index contributed by atoms with van der Waals surface area (Å²) in [4.78, 5) is 21.9. The van der Waals surface area contributed by atoms with E-state index in [0.29, 0.717) is 6.47 Å². The molecule has 166 valence electrons. The first-order valence-corrected chi connectivity index (χ1v) is 11.8. The van der Waals surface area contributed by atoms with Gasteiger partial charge in [0.05, 0.1) is 5.41 Å². The summed E-state index contributed by atoms with van der Waals surface area (Å²) >= 11 is 0. The Morgan fingerprint density at radius 1 is 0.967 bits per heavy atom. The Hall–Kier alpha value is -1.84. The Labute approximate surface area is 181 Å². The Bertz CT molecular complexity index is 744. The average molecular weight is 415 g/mol. The average Bonchev–Trinajstić information content (AvgIpc) is 3.63. The number of aliphatic carboxylic acids is 1. The van der Waals surface area contributed by atoms with Crippen molar-refractivity contribution in [1.82, 2.24) is 0 Å². The van der Waals surface area contributed by atoms with Crippen LogP contribution in [0, 0.1) is 19.3 Å². The van der Waals surface area contributed by atoms with Gasteiger partial charge in [-0.2, -0.15) is 0 Å². The molecule has 2 saturated carbocycles. The van der Waals surface area contributed by atoms with Crippen LogP contribution in [0.1, 0.15) is 99.3 Å². The molecule has 0 atom stereocenters. The fourth-order valence-electron chi connectivity index (χ4n) is 4.87. The lowest BCUT2D eigenvalue weighted by Gasteiger charge is -2.16. The molecular formula is C26H38O4. The molecule has 2 aliphatic carbocycles. The molecule has 4 heteroatoms. The van der Waals surface area contributed by atoms with Crippen LogP contribution < -0.4 is 0 Å². The molecule has 0 amide bonds. The van der Waals surface area contributed by atoms with Crippen LogP contribution in [0.25, 0.3) is 0 Å². The summed E-state index contributed by atoms with van der Waals surface area (Å²) in [5.41, 5.74) is 5.29. The molecule has 4 nitrogen and oxygen atoms in total. The number of rotatable bonds is 15. The van der Waals surface area contributed by atoms with Crippen molar-refractivity contribution < 1.29 is 19.4 Å². The minimum absolute atomic E-state index is 0.128. The first-order chi connectivity index (χ1) is 14.4. The third-order valence-corrected chi connectivity index (χ3v) is 7.52. The second-order valence-electron chi connectivity index (χ2n) is 9.75. The number of carboxylic acid groups (broad SMARTS) is 1. The fourth-order valence-corrected chi connectivity index (χ4v) is 4.87. The maximum atomic E-state index is 11.2. The van der Waals surface area contributed by atoms with E-state index in [1.165, 1.54) is 35.1 Å². The van der Waals surface area contributed by atoms with E-state index in [0.717, 1.165) is 77.0 Å². The summed E-state index contributed by atoms with van der Waals surface area (Å²) in [5, 5.41) is 9.26. The minimum atomic E-state index is -0.589. The van der Waals surface area contributed by atoms with Gasteiger partial charge in [0.15, 0.2) is 0 Å². The third-order valence-electron chi connectivity index (χ3n) is 7.52. The van der Waals surface area contributed by atoms with E-state index in [1.807, 2.05) is 0 Å². The highest BCUT2D eigenvalue weighted by atomic mass is 16.5. The lowest BCUT2D eigenvalue weighted by Crippen LogP contribution is -2.14. The number of hydrogen-bond donors (Lipinski definition) is 1. The van der Waals surface area contributed by atoms with Gasteiger partial charge in [-0.3, -0.25) is 9.59 Å². The largest absolute Gasteiger partial charge is 0.481 e. The van der Waals surface area contributed by atoms with Gasteiger partial charge in [-0.05, 0) is 107 Å². The Morgan fingerprint density at radius 3 is 2.27 bits per heavy atom. The summed E-state index contributed by atoms with van der Waals surface area (Å²) < 4.78 is 5.26. The zero-order chi connectivity index (χ0) is 21.6. The van der Waals surface area contributed by atoms with Gasteiger partial charge in [-0.1, -0.05) is 31.4 Å². The monoisotopic (exact) mass is 414 g/mol. The van der Waals surface area contributed by atoms with Gasteiger partial charge < -0.3 is 9.84 Å². The number of ether oxygens (including phenoxy) is 1. The van der Waals surface area contributed by atoms with Gasteiger partial charge in [0.25, 0.3) is 6.47 Å². The van der Waals surface area contributed by atoms with Crippen LogP contribution in [0.15, 0.2) is 12.1 Å². The molecule has 2 fully saturated rings. The van der Waals surface area contributed by atoms with Crippen molar-refractivity contribution in [2.24, 2.45) is 5.41 Å². The van der Waals surface area contributed by atoms with Crippen molar-refractivity contribution in [3.63, 3.8) is 0 Å². The number of carbonyl (C=O) groups is 2. The van der Waals surface area contributed by atoms with Crippen molar-refractivity contribution in [2.45, 2.75) is 109 Å². The zero-order valence-electron chi connectivity index (χ0n) is 18.8. The molecule has 0 spiro atoms. The van der Waals surface area contributed by atoms with E-state index in [4.69, 9.17) is 4.74 Å². The highest BCUT2D eigenvalue weighted by Crippen LogP contribution is 2.50. The SMILES string of the molecule is Cc1ccc(CCCCCCC2(C(=O)O)CC2)c(C)c1CCCCC1(OC=O)CC1. The maximum Gasteiger partial charge on any atom is 0.309 e. The van der Waals surface area contributed by atoms with Crippen LogP contribution in [-0.2, 0) is 27.2 Å². The van der Waals surface area contributed by atoms with E-state index < -0.39 is 5.97 Å². The van der Waals surface area contributed by atoms with Gasteiger partial charge in [-0.25, -0.2) is 0 Å². The number of unbranched alkanes of at least 4 members (excludes halogenated alkanes) is 4. The van der Waals surface area contributed by atoms with Gasteiger partial charge >= 0.3 is 5.97 Å². The standard InChI is InChI=1S/C26H38O4/c1-20-11-12-22(9-5-3-4-7-13-25(15-16-25)24(28)29)21(2)23(20)10-6-8-14-26(17-18-26)30-19-27/h11-12,19H,3-10,13-18H2,1-2H3,(H,28,29). The molecule has 0 aliphatic heterocycles. The zero-order valence-corrected chi connectivity index (χ0v) is 18.8. The van der Waals surface area contributed by atoms with Crippen molar-refractivity contribution in [2.75, 3.05) is 0 Å². The Balaban J connectivity index is 1.38. The number of carboxylic acids is 1. The summed E-state index contributed by atoms with van der Waals surface area (Å²) in [7, 11) is 0. The van der Waals surface area contributed by atoms with Gasteiger partial charge in [-0.15, -0.1) is 0 Å². The number of hydrogen-bond acceptors (Lipinski definition) is 3. The summed E-state index contributed by atoms with van der Waals surface area (Å²) in [6.07, 6.45) is 14.6. The molecule has 2 aliphatic rings. The summed E-state index contributed by atoms with van der Waals surface area (Å²) in [5.74, 6) is -0.589. The van der Waals surface area contributed by atoms with Crippen LogP contribution in [-0.4, -0.2) is 23.1 Å². The molecule has 30 heavy (non-hydrogen) atoms. The molecule has 0 heterocycles. The van der Waals surface area contributed by atoms with Gasteiger partial charge in [0.2, 0.25) is 0 Å². The molecule has 0 saturated heterocycles. The third kappa shape index (κ3) is 5.86. The fraction of sp³-hybridized carbons (Fsp3) is 0.692. The first kappa shape index (κ1) is 22.8. The molecular weight excluding hydrogens is 376 g/mol. The van der Waals surface area contributed by atoms with Gasteiger partial charge in [0.1, 0.15) is 5.60 Å². The molecule has 1 N–H and O–H groups in total. The van der Waals surface area contributed by atoms with Crippen molar-refractivity contribution in [3.05, 3.63) is 34.4 Å². The molecule has 0 bridgehead atoms. The second kappa shape index (κ2) is 9.98. The lowest BCUT2D eigenvalue weighted by atomic mass is 9.91. The smallest absolute Gasteiger partial charge is 0.309 e. The highest BCUT2D eigenvalue weighted by Gasteiger charge is 2.49. The molecule has 0 unspecified atom stereocenters. The topological polar surface area (TPSA) is 63.6 Å². The second-order valence-corrected chi connectivity index (χ2v) is 9.75. The maximum absolute atomic E-state index is 11.2. The van der Waals surface area contributed by atoms with E-state index in [1.54, 1.807) is 0 Å². The van der Waals surface area contributed by atoms with Crippen molar-refractivity contribution >= 4 is 12.4 Å². The minimum Gasteiger partial charge on any atom is -0.481 e. The van der Waals surface area contributed by atoms with Crippen LogP contribution in [0.2, 0.25) is 0 Å². The molecule has 0 radical (unpaired) electrons. The van der Waals surface area contributed by atoms with Crippen LogP contribution in [0.3, 0.4) is 0 Å².